The highest BCUT2D eigenvalue weighted by atomic mass is 127. The van der Waals surface area contributed by atoms with Crippen molar-refractivity contribution in [2.75, 3.05) is 24.6 Å². The summed E-state index contributed by atoms with van der Waals surface area (Å²) >= 11 is 2.35. The van der Waals surface area contributed by atoms with E-state index in [-0.39, 0.29) is 0 Å². The van der Waals surface area contributed by atoms with E-state index >= 15 is 0 Å². The molecule has 1 rings (SSSR count). The van der Waals surface area contributed by atoms with Gasteiger partial charge in [-0.05, 0) is 43.8 Å². The first-order chi connectivity index (χ1) is 4.81. The van der Waals surface area contributed by atoms with E-state index in [2.05, 4.69) is 41.5 Å². The molecule has 0 aliphatic carbocycles. The molecule has 0 atom stereocenters. The monoisotopic (exact) mass is 255 g/mol. The number of hydrogen-bond acceptors (Lipinski definition) is 1. The molecule has 1 aliphatic heterocycles. The summed E-state index contributed by atoms with van der Waals surface area (Å²) in [4.78, 5) is 2.36. The van der Waals surface area contributed by atoms with E-state index in [1.54, 1.807) is 0 Å². The van der Waals surface area contributed by atoms with Gasteiger partial charge >= 0.3 is 0 Å². The minimum atomic E-state index is 1.29. The van der Waals surface area contributed by atoms with Gasteiger partial charge in [0.25, 0.3) is 0 Å². The number of nitrogens with zero attached hydrogens (tertiary/aromatic N) is 1. The van der Waals surface area contributed by atoms with E-state index in [1.165, 1.54) is 36.8 Å². The summed E-state index contributed by atoms with van der Waals surface area (Å²) in [5, 5.41) is 0. The molecule has 0 spiro atoms. The van der Waals surface area contributed by atoms with Crippen LogP contribution in [0.4, 0.5) is 0 Å². The van der Waals surface area contributed by atoms with Crippen LogP contribution < -0.4 is 0 Å². The molecular formula is C8H18IN. The highest BCUT2D eigenvalue weighted by molar-refractivity contribution is 14.1. The Balaban J connectivity index is 0.000000180. The van der Waals surface area contributed by atoms with Crippen LogP contribution in [-0.2, 0) is 0 Å². The van der Waals surface area contributed by atoms with Crippen LogP contribution in [0, 0.1) is 0 Å². The fourth-order valence-electron chi connectivity index (χ4n) is 0.875. The first-order valence-corrected chi connectivity index (χ1v) is 5.58. The van der Waals surface area contributed by atoms with Gasteiger partial charge in [-0.1, -0.05) is 29.5 Å². The molecule has 1 heterocycles. The van der Waals surface area contributed by atoms with Crippen molar-refractivity contribution in [1.29, 1.82) is 0 Å². The Hall–Kier alpha value is 0.690. The zero-order valence-electron chi connectivity index (χ0n) is 7.07. The van der Waals surface area contributed by atoms with Crippen LogP contribution in [0.15, 0.2) is 0 Å². The molecule has 0 radical (unpaired) electrons. The lowest BCUT2D eigenvalue weighted by atomic mass is 10.4. The van der Waals surface area contributed by atoms with Crippen LogP contribution >= 0.6 is 22.6 Å². The lowest BCUT2D eigenvalue weighted by Crippen LogP contribution is -2.10. The Kier molecular flexibility index (Phi) is 8.33. The second-order valence-corrected chi connectivity index (χ2v) is 3.78. The molecule has 0 N–H and O–H groups in total. The minimum absolute atomic E-state index is 1.29. The lowest BCUT2D eigenvalue weighted by molar-refractivity contribution is 0.418. The third-order valence-electron chi connectivity index (χ3n) is 1.52. The Morgan fingerprint density at radius 2 is 1.70 bits per heavy atom. The van der Waals surface area contributed by atoms with Gasteiger partial charge in [-0.15, -0.1) is 0 Å². The predicted molar refractivity (Wildman–Crippen MR) is 55.9 cm³/mol. The van der Waals surface area contributed by atoms with Crippen molar-refractivity contribution in [3.8, 4) is 0 Å². The van der Waals surface area contributed by atoms with Gasteiger partial charge in [0.15, 0.2) is 0 Å². The van der Waals surface area contributed by atoms with Gasteiger partial charge in [0.2, 0.25) is 0 Å². The van der Waals surface area contributed by atoms with Crippen molar-refractivity contribution in [2.24, 2.45) is 0 Å². The van der Waals surface area contributed by atoms with Gasteiger partial charge in [0.05, 0.1) is 0 Å². The molecule has 1 nitrogen and oxygen atoms in total. The maximum absolute atomic E-state index is 2.36. The van der Waals surface area contributed by atoms with Crippen molar-refractivity contribution in [1.82, 2.24) is 4.90 Å². The number of likely N-dealkylation sites (tertiary alicyclic amines) is 1. The third kappa shape index (κ3) is 6.81. The normalized spacial score (nSPS) is 18.3. The highest BCUT2D eigenvalue weighted by Crippen LogP contribution is 2.02. The second kappa shape index (κ2) is 7.79. The Morgan fingerprint density at radius 3 is 1.80 bits per heavy atom. The van der Waals surface area contributed by atoms with E-state index in [0.717, 1.165) is 0 Å². The van der Waals surface area contributed by atoms with Crippen LogP contribution in [0.1, 0.15) is 26.2 Å². The van der Waals surface area contributed by atoms with E-state index < -0.39 is 0 Å². The zero-order chi connectivity index (χ0) is 7.82. The average molecular weight is 255 g/mol. The maximum atomic E-state index is 2.36. The molecule has 0 amide bonds. The molecule has 62 valence electrons. The molecule has 1 saturated heterocycles. The van der Waals surface area contributed by atoms with Crippen molar-refractivity contribution in [2.45, 2.75) is 26.2 Å². The van der Waals surface area contributed by atoms with Gasteiger partial charge in [-0.3, -0.25) is 0 Å². The summed E-state index contributed by atoms with van der Waals surface area (Å²) in [6.45, 7) is 4.81. The molecule has 2 heteroatoms. The standard InChI is InChI=1S/C5H11N.C3H7I/c1-6-4-2-3-5-6;1-2-3-4/h2-5H2,1H3;2-3H2,1H3. The van der Waals surface area contributed by atoms with Crippen molar-refractivity contribution >= 4 is 22.6 Å². The Labute approximate surface area is 78.3 Å². The Bertz CT molecular complexity index is 58.3. The fraction of sp³-hybridized carbons (Fsp3) is 1.00. The minimum Gasteiger partial charge on any atom is -0.306 e. The van der Waals surface area contributed by atoms with Gasteiger partial charge in [-0.25, -0.2) is 0 Å². The number of halogens is 1. The van der Waals surface area contributed by atoms with E-state index in [0.29, 0.717) is 0 Å². The molecule has 1 aliphatic rings. The van der Waals surface area contributed by atoms with Crippen molar-refractivity contribution in [3.05, 3.63) is 0 Å². The summed E-state index contributed by atoms with van der Waals surface area (Å²) in [5.74, 6) is 0. The quantitative estimate of drug-likeness (QED) is 0.514. The first kappa shape index (κ1) is 10.7. The molecular weight excluding hydrogens is 237 g/mol. The fourth-order valence-corrected chi connectivity index (χ4v) is 0.875. The lowest BCUT2D eigenvalue weighted by Gasteiger charge is -2.01. The maximum Gasteiger partial charge on any atom is -0.000735 e. The third-order valence-corrected chi connectivity index (χ3v) is 2.60. The van der Waals surface area contributed by atoms with Crippen LogP contribution in [0.3, 0.4) is 0 Å². The Morgan fingerprint density at radius 1 is 1.30 bits per heavy atom. The van der Waals surface area contributed by atoms with Gasteiger partial charge in [0.1, 0.15) is 0 Å². The molecule has 1 fully saturated rings. The van der Waals surface area contributed by atoms with E-state index in [4.69, 9.17) is 0 Å². The van der Waals surface area contributed by atoms with Crippen LogP contribution in [0.5, 0.6) is 0 Å². The van der Waals surface area contributed by atoms with Crippen LogP contribution in [0.25, 0.3) is 0 Å². The SMILES string of the molecule is CCCI.CN1CCCC1. The first-order valence-electron chi connectivity index (χ1n) is 4.05. The number of alkyl halides is 1. The molecule has 0 bridgehead atoms. The smallest absolute Gasteiger partial charge is 0.000735 e. The summed E-state index contributed by atoms with van der Waals surface area (Å²) in [6, 6.07) is 0. The van der Waals surface area contributed by atoms with E-state index in [1.807, 2.05) is 0 Å². The summed E-state index contributed by atoms with van der Waals surface area (Å²) in [6.07, 6.45) is 4.13. The van der Waals surface area contributed by atoms with Crippen LogP contribution in [0.2, 0.25) is 0 Å². The molecule has 0 unspecified atom stereocenters. The predicted octanol–water partition coefficient (Wildman–Crippen LogP) is 2.54. The number of rotatable bonds is 1. The summed E-state index contributed by atoms with van der Waals surface area (Å²) in [5.41, 5.74) is 0. The molecule has 0 aromatic rings. The molecule has 0 saturated carbocycles. The van der Waals surface area contributed by atoms with Gasteiger partial charge < -0.3 is 4.90 Å². The molecule has 0 aromatic carbocycles. The molecule has 10 heavy (non-hydrogen) atoms. The number of hydrogen-bond donors (Lipinski definition) is 0. The largest absolute Gasteiger partial charge is 0.306 e. The van der Waals surface area contributed by atoms with Crippen molar-refractivity contribution in [3.63, 3.8) is 0 Å². The van der Waals surface area contributed by atoms with Gasteiger partial charge in [-0.2, -0.15) is 0 Å². The van der Waals surface area contributed by atoms with Crippen molar-refractivity contribution < 1.29 is 0 Å². The second-order valence-electron chi connectivity index (χ2n) is 2.70. The average Bonchev–Trinajstić information content (AvgIpc) is 2.40. The summed E-state index contributed by atoms with van der Waals surface area (Å²) < 4.78 is 1.29. The highest BCUT2D eigenvalue weighted by Gasteiger charge is 2.03. The van der Waals surface area contributed by atoms with E-state index in [9.17, 15) is 0 Å². The van der Waals surface area contributed by atoms with Gasteiger partial charge in [0, 0.05) is 0 Å². The summed E-state index contributed by atoms with van der Waals surface area (Å²) in [7, 11) is 2.17. The molecule has 0 aromatic heterocycles. The topological polar surface area (TPSA) is 3.24 Å². The van der Waals surface area contributed by atoms with Crippen LogP contribution in [-0.4, -0.2) is 29.5 Å². The zero-order valence-corrected chi connectivity index (χ0v) is 9.23.